The van der Waals surface area contributed by atoms with Crippen LogP contribution in [0.1, 0.15) is 0 Å². The summed E-state index contributed by atoms with van der Waals surface area (Å²) in [6.45, 7) is 0. The van der Waals surface area contributed by atoms with Crippen molar-refractivity contribution in [3.05, 3.63) is 0 Å². The van der Waals surface area contributed by atoms with Crippen molar-refractivity contribution in [2.45, 2.75) is 0 Å². The van der Waals surface area contributed by atoms with Gasteiger partial charge in [0.2, 0.25) is 0 Å². The molecule has 2 N–H and O–H groups in total. The predicted molar refractivity (Wildman–Crippen MR) is 3.61 cm³/mol. The Morgan fingerprint density at radius 1 is 0.800 bits per heavy atom. The Morgan fingerprint density at radius 3 is 0.800 bits per heavy atom. The van der Waals surface area contributed by atoms with Gasteiger partial charge >= 0.3 is 0 Å². The average molecular weight is 250 g/mol. The summed E-state index contributed by atoms with van der Waals surface area (Å²) < 4.78 is 0. The van der Waals surface area contributed by atoms with Gasteiger partial charge in [0.1, 0.15) is 0 Å². The quantitative estimate of drug-likeness (QED) is 0.503. The van der Waals surface area contributed by atoms with Crippen LogP contribution in [-0.2, 0) is 67.1 Å². The van der Waals surface area contributed by atoms with Crippen molar-refractivity contribution in [2.75, 3.05) is 0 Å². The van der Waals surface area contributed by atoms with Crippen LogP contribution in [0.15, 0.2) is 0 Å². The maximum Gasteiger partial charge on any atom is 0 e. The molecule has 0 aliphatic heterocycles. The third kappa shape index (κ3) is 24.1. The van der Waals surface area contributed by atoms with Crippen molar-refractivity contribution in [3.63, 3.8) is 0 Å². The van der Waals surface area contributed by atoms with Gasteiger partial charge in [-0.05, 0) is 0 Å². The van der Waals surface area contributed by atoms with E-state index in [1.165, 1.54) is 0 Å². The van der Waals surface area contributed by atoms with Gasteiger partial charge in [-0.3, -0.25) is 0 Å². The Balaban J connectivity index is 0. The molecule has 0 aromatic carbocycles. The fraction of sp³-hybridized carbons (Fsp3) is 0. The summed E-state index contributed by atoms with van der Waals surface area (Å²) in [5.41, 5.74) is 0. The molecule has 0 unspecified atom stereocenters. The largest absolute Gasteiger partial charge is 0.412 e. The maximum absolute atomic E-state index is 0. The molecule has 0 bridgehead atoms. The van der Waals surface area contributed by atoms with Gasteiger partial charge in [0, 0.05) is 67.1 Å². The molecule has 1 nitrogen and oxygen atoms in total. The second-order valence-electron chi connectivity index (χ2n) is 0. The summed E-state index contributed by atoms with van der Waals surface area (Å²) in [5.74, 6) is 0. The molecular formula is H2Co2FeNiO. The minimum absolute atomic E-state index is 0. The smallest absolute Gasteiger partial charge is 0 e. The minimum atomic E-state index is 0. The summed E-state index contributed by atoms with van der Waals surface area (Å²) in [7, 11) is 0. The van der Waals surface area contributed by atoms with Gasteiger partial charge in [-0.25, -0.2) is 0 Å². The zero-order chi connectivity index (χ0) is 0. The van der Waals surface area contributed by atoms with E-state index in [0.717, 1.165) is 0 Å². The van der Waals surface area contributed by atoms with Crippen LogP contribution in [-0.4, -0.2) is 5.48 Å². The number of rotatable bonds is 0. The zero-order valence-corrected chi connectivity index (χ0v) is 6.01. The van der Waals surface area contributed by atoms with Crippen LogP contribution in [0.3, 0.4) is 0 Å². The summed E-state index contributed by atoms with van der Waals surface area (Å²) >= 11 is 0. The molecule has 0 aromatic rings. The summed E-state index contributed by atoms with van der Waals surface area (Å²) in [4.78, 5) is 0. The Hall–Kier alpha value is 1.99. The van der Waals surface area contributed by atoms with Gasteiger partial charge < -0.3 is 5.48 Å². The van der Waals surface area contributed by atoms with Crippen molar-refractivity contribution in [1.29, 1.82) is 0 Å². The molecule has 0 aromatic heterocycles. The van der Waals surface area contributed by atoms with Gasteiger partial charge in [-0.15, -0.1) is 0 Å². The first-order valence-electron chi connectivity index (χ1n) is 0. The maximum atomic E-state index is 0. The molecule has 0 spiro atoms. The molecule has 0 saturated carbocycles. The molecule has 0 heterocycles. The fourth-order valence-corrected chi connectivity index (χ4v) is 0. The zero-order valence-electron chi connectivity index (χ0n) is 1.84. The Labute approximate surface area is 72.1 Å². The SMILES string of the molecule is O.[Co].[Co].[Fe].[Ni]. The minimum Gasteiger partial charge on any atom is -0.412 e. The molecule has 0 aliphatic carbocycles. The summed E-state index contributed by atoms with van der Waals surface area (Å²) in [6, 6.07) is 0. The first kappa shape index (κ1) is 63.5. The van der Waals surface area contributed by atoms with Gasteiger partial charge in [-0.2, -0.15) is 0 Å². The monoisotopic (exact) mass is 250 g/mol. The molecule has 44 valence electrons. The number of hydrogen-bond donors (Lipinski definition) is 0. The summed E-state index contributed by atoms with van der Waals surface area (Å²) in [5, 5.41) is 0. The van der Waals surface area contributed by atoms with Gasteiger partial charge in [0.05, 0.1) is 0 Å². The van der Waals surface area contributed by atoms with Crippen molar-refractivity contribution in [2.24, 2.45) is 0 Å². The Bertz CT molecular complexity index is 9.61. The molecule has 0 amide bonds. The standard InChI is InChI=1S/2Co.Fe.Ni.H2O/h;;;;1H2. The van der Waals surface area contributed by atoms with E-state index in [1.807, 2.05) is 0 Å². The average Bonchev–Trinajstić information content (AvgIpc) is 0. The summed E-state index contributed by atoms with van der Waals surface area (Å²) in [6.07, 6.45) is 0. The first-order chi connectivity index (χ1) is 0. The number of hydrogen-bond acceptors (Lipinski definition) is 0. The van der Waals surface area contributed by atoms with Crippen molar-refractivity contribution < 1.29 is 72.6 Å². The topological polar surface area (TPSA) is 31.5 Å². The molecule has 0 rings (SSSR count). The van der Waals surface area contributed by atoms with E-state index < -0.39 is 0 Å². The van der Waals surface area contributed by atoms with E-state index in [0.29, 0.717) is 0 Å². The van der Waals surface area contributed by atoms with Gasteiger partial charge in [0.25, 0.3) is 0 Å². The van der Waals surface area contributed by atoms with Crippen molar-refractivity contribution >= 4 is 0 Å². The molecule has 0 atom stereocenters. The van der Waals surface area contributed by atoms with E-state index in [9.17, 15) is 0 Å². The van der Waals surface area contributed by atoms with E-state index in [1.54, 1.807) is 0 Å². The van der Waals surface area contributed by atoms with Crippen LogP contribution in [0.4, 0.5) is 0 Å². The Morgan fingerprint density at radius 2 is 0.800 bits per heavy atom. The van der Waals surface area contributed by atoms with Gasteiger partial charge in [-0.1, -0.05) is 0 Å². The molecule has 5 heteroatoms. The molecule has 0 aliphatic rings. The van der Waals surface area contributed by atoms with E-state index in [2.05, 4.69) is 0 Å². The predicted octanol–water partition coefficient (Wildman–Crippen LogP) is -0.835. The first-order valence-corrected chi connectivity index (χ1v) is 0. The normalized spacial score (nSPS) is 0. The van der Waals surface area contributed by atoms with Crippen LogP contribution < -0.4 is 0 Å². The van der Waals surface area contributed by atoms with Crippen LogP contribution in [0.5, 0.6) is 0 Å². The van der Waals surface area contributed by atoms with Crippen LogP contribution in [0.25, 0.3) is 0 Å². The van der Waals surface area contributed by atoms with Crippen molar-refractivity contribution in [3.8, 4) is 0 Å². The fourth-order valence-electron chi connectivity index (χ4n) is 0. The van der Waals surface area contributed by atoms with E-state index >= 15 is 0 Å². The van der Waals surface area contributed by atoms with Crippen LogP contribution >= 0.6 is 0 Å². The van der Waals surface area contributed by atoms with Crippen molar-refractivity contribution in [1.82, 2.24) is 0 Å². The van der Waals surface area contributed by atoms with Crippen LogP contribution in [0, 0.1) is 0 Å². The molecular weight excluding hydrogens is 248 g/mol. The molecule has 2 radical (unpaired) electrons. The molecule has 0 fully saturated rings. The molecule has 0 saturated heterocycles. The second-order valence-corrected chi connectivity index (χ2v) is 0. The van der Waals surface area contributed by atoms with E-state index in [4.69, 9.17) is 0 Å². The van der Waals surface area contributed by atoms with E-state index in [-0.39, 0.29) is 72.6 Å². The van der Waals surface area contributed by atoms with Crippen LogP contribution in [0.2, 0.25) is 0 Å². The molecule has 5 heavy (non-hydrogen) atoms. The van der Waals surface area contributed by atoms with Gasteiger partial charge in [0.15, 0.2) is 0 Å². The second kappa shape index (κ2) is 37.7. The Kier molecular flexibility index (Phi) is 479. The third-order valence-electron chi connectivity index (χ3n) is 0. The third-order valence-corrected chi connectivity index (χ3v) is 0.